The van der Waals surface area contributed by atoms with Crippen LogP contribution in [-0.2, 0) is 21.4 Å². The van der Waals surface area contributed by atoms with Gasteiger partial charge in [0.05, 0.1) is 4.90 Å². The van der Waals surface area contributed by atoms with Crippen molar-refractivity contribution in [3.8, 4) is 0 Å². The maximum Gasteiger partial charge on any atom is 0.243 e. The van der Waals surface area contributed by atoms with Crippen molar-refractivity contribution in [3.63, 3.8) is 0 Å². The molecule has 2 aromatic rings. The SMILES string of the molecule is Cc1cccc(S(=O)(=O)N(CCC(=O)N2CCNCC2)C2CCN(Cc3ccccc3)CC2)c1. The predicted octanol–water partition coefficient (Wildman–Crippen LogP) is 2.47. The molecule has 2 aliphatic rings. The first-order chi connectivity index (χ1) is 16.4. The number of nitrogens with zero attached hydrogens (tertiary/aromatic N) is 3. The molecule has 0 aromatic heterocycles. The van der Waals surface area contributed by atoms with E-state index in [9.17, 15) is 13.2 Å². The fourth-order valence-corrected chi connectivity index (χ4v) is 6.69. The van der Waals surface area contributed by atoms with Gasteiger partial charge in [-0.25, -0.2) is 8.42 Å². The number of nitrogens with one attached hydrogen (secondary N) is 1. The lowest BCUT2D eigenvalue weighted by Gasteiger charge is -2.38. The van der Waals surface area contributed by atoms with E-state index < -0.39 is 10.0 Å². The second-order valence-corrected chi connectivity index (χ2v) is 11.2. The number of carbonyl (C=O) groups excluding carboxylic acids is 1. The quantitative estimate of drug-likeness (QED) is 0.623. The van der Waals surface area contributed by atoms with Crippen LogP contribution < -0.4 is 5.32 Å². The second kappa shape index (κ2) is 11.4. The lowest BCUT2D eigenvalue weighted by molar-refractivity contribution is -0.131. The summed E-state index contributed by atoms with van der Waals surface area (Å²) in [6.45, 7) is 7.62. The summed E-state index contributed by atoms with van der Waals surface area (Å²) in [4.78, 5) is 17.4. The summed E-state index contributed by atoms with van der Waals surface area (Å²) in [6, 6.07) is 17.3. The van der Waals surface area contributed by atoms with Crippen molar-refractivity contribution in [2.45, 2.75) is 43.7 Å². The van der Waals surface area contributed by atoms with Crippen molar-refractivity contribution < 1.29 is 13.2 Å². The van der Waals surface area contributed by atoms with Crippen LogP contribution in [-0.4, -0.2) is 80.3 Å². The molecule has 2 aromatic carbocycles. The van der Waals surface area contributed by atoms with Gasteiger partial charge in [-0.3, -0.25) is 9.69 Å². The first kappa shape index (κ1) is 24.9. The Morgan fingerprint density at radius 2 is 1.71 bits per heavy atom. The lowest BCUT2D eigenvalue weighted by atomic mass is 10.0. The molecule has 1 N–H and O–H groups in total. The van der Waals surface area contributed by atoms with Gasteiger partial charge < -0.3 is 10.2 Å². The lowest BCUT2D eigenvalue weighted by Crippen LogP contribution is -2.50. The van der Waals surface area contributed by atoms with Crippen molar-refractivity contribution in [1.29, 1.82) is 0 Å². The molecule has 2 aliphatic heterocycles. The third-order valence-electron chi connectivity index (χ3n) is 6.83. The fourth-order valence-electron chi connectivity index (χ4n) is 4.90. The van der Waals surface area contributed by atoms with Gasteiger partial charge in [-0.05, 0) is 43.0 Å². The molecule has 0 aliphatic carbocycles. The molecule has 1 amide bonds. The van der Waals surface area contributed by atoms with Crippen molar-refractivity contribution in [2.75, 3.05) is 45.8 Å². The molecule has 0 radical (unpaired) electrons. The minimum Gasteiger partial charge on any atom is -0.340 e. The number of likely N-dealkylation sites (tertiary alicyclic amines) is 1. The molecule has 2 heterocycles. The zero-order valence-corrected chi connectivity index (χ0v) is 20.8. The van der Waals surface area contributed by atoms with Crippen LogP contribution in [0.15, 0.2) is 59.5 Å². The molecule has 0 spiro atoms. The zero-order valence-electron chi connectivity index (χ0n) is 20.0. The van der Waals surface area contributed by atoms with Gasteiger partial charge in [0, 0.05) is 64.8 Å². The summed E-state index contributed by atoms with van der Waals surface area (Å²) in [5, 5.41) is 3.25. The molecule has 7 nitrogen and oxygen atoms in total. The van der Waals surface area contributed by atoms with Gasteiger partial charge in [0.15, 0.2) is 0 Å². The van der Waals surface area contributed by atoms with E-state index in [-0.39, 0.29) is 24.9 Å². The Morgan fingerprint density at radius 3 is 2.38 bits per heavy atom. The summed E-state index contributed by atoms with van der Waals surface area (Å²) in [5.74, 6) is 0.0347. The van der Waals surface area contributed by atoms with Gasteiger partial charge in [0.1, 0.15) is 0 Å². The molecule has 8 heteroatoms. The molecule has 2 saturated heterocycles. The predicted molar refractivity (Wildman–Crippen MR) is 134 cm³/mol. The van der Waals surface area contributed by atoms with Crippen LogP contribution in [0, 0.1) is 6.92 Å². The van der Waals surface area contributed by atoms with Crippen LogP contribution in [0.4, 0.5) is 0 Å². The number of amides is 1. The Labute approximate surface area is 203 Å². The van der Waals surface area contributed by atoms with Crippen LogP contribution in [0.2, 0.25) is 0 Å². The van der Waals surface area contributed by atoms with Crippen molar-refractivity contribution >= 4 is 15.9 Å². The van der Waals surface area contributed by atoms with Crippen LogP contribution in [0.1, 0.15) is 30.4 Å². The highest BCUT2D eigenvalue weighted by atomic mass is 32.2. The maximum absolute atomic E-state index is 13.7. The largest absolute Gasteiger partial charge is 0.340 e. The van der Waals surface area contributed by atoms with Gasteiger partial charge in [0.25, 0.3) is 0 Å². The monoisotopic (exact) mass is 484 g/mol. The molecular formula is C26H36N4O3S. The molecular weight excluding hydrogens is 448 g/mol. The third-order valence-corrected chi connectivity index (χ3v) is 8.77. The maximum atomic E-state index is 13.7. The van der Waals surface area contributed by atoms with Crippen molar-refractivity contribution in [2.24, 2.45) is 0 Å². The average molecular weight is 485 g/mol. The number of rotatable bonds is 8. The summed E-state index contributed by atoms with van der Waals surface area (Å²) in [6.07, 6.45) is 1.74. The number of hydrogen-bond donors (Lipinski definition) is 1. The number of aryl methyl sites for hydroxylation is 1. The zero-order chi connectivity index (χ0) is 24.0. The Bertz CT molecular complexity index is 1050. The molecule has 184 valence electrons. The van der Waals surface area contributed by atoms with E-state index in [0.29, 0.717) is 18.0 Å². The molecule has 2 fully saturated rings. The summed E-state index contributed by atoms with van der Waals surface area (Å²) < 4.78 is 29.1. The van der Waals surface area contributed by atoms with E-state index in [0.717, 1.165) is 51.1 Å². The molecule has 0 atom stereocenters. The molecule has 0 unspecified atom stereocenters. The molecule has 4 rings (SSSR count). The van der Waals surface area contributed by atoms with Gasteiger partial charge in [-0.2, -0.15) is 4.31 Å². The Hall–Kier alpha value is -2.26. The number of piperazine rings is 1. The van der Waals surface area contributed by atoms with Crippen LogP contribution >= 0.6 is 0 Å². The second-order valence-electron chi connectivity index (χ2n) is 9.31. The Balaban J connectivity index is 1.46. The Kier molecular flexibility index (Phi) is 8.37. The van der Waals surface area contributed by atoms with E-state index in [1.807, 2.05) is 36.1 Å². The number of hydrogen-bond acceptors (Lipinski definition) is 5. The highest BCUT2D eigenvalue weighted by Crippen LogP contribution is 2.26. The van der Waals surface area contributed by atoms with Crippen molar-refractivity contribution in [1.82, 2.24) is 19.4 Å². The number of sulfonamides is 1. The Morgan fingerprint density at radius 1 is 1.00 bits per heavy atom. The molecule has 0 saturated carbocycles. The standard InChI is InChI=1S/C26H36N4O3S/c1-22-6-5-9-25(20-22)34(32,33)30(17-12-26(31)29-18-13-27-14-19-29)24-10-15-28(16-11-24)21-23-7-3-2-4-8-23/h2-9,20,24,27H,10-19,21H2,1H3. The first-order valence-electron chi connectivity index (χ1n) is 12.3. The number of piperidine rings is 1. The normalized spacial score (nSPS) is 18.4. The van der Waals surface area contributed by atoms with E-state index >= 15 is 0 Å². The van der Waals surface area contributed by atoms with E-state index in [1.165, 1.54) is 5.56 Å². The smallest absolute Gasteiger partial charge is 0.243 e. The first-order valence-corrected chi connectivity index (χ1v) is 13.7. The molecule has 34 heavy (non-hydrogen) atoms. The highest BCUT2D eigenvalue weighted by molar-refractivity contribution is 7.89. The van der Waals surface area contributed by atoms with Gasteiger partial charge >= 0.3 is 0 Å². The van der Waals surface area contributed by atoms with Gasteiger partial charge in [0.2, 0.25) is 15.9 Å². The van der Waals surface area contributed by atoms with Crippen LogP contribution in [0.3, 0.4) is 0 Å². The van der Waals surface area contributed by atoms with Crippen LogP contribution in [0.25, 0.3) is 0 Å². The van der Waals surface area contributed by atoms with Gasteiger partial charge in [-0.15, -0.1) is 0 Å². The number of benzene rings is 2. The third kappa shape index (κ3) is 6.24. The topological polar surface area (TPSA) is 73.0 Å². The average Bonchev–Trinajstić information content (AvgIpc) is 2.86. The minimum atomic E-state index is -3.69. The summed E-state index contributed by atoms with van der Waals surface area (Å²) in [5.41, 5.74) is 2.18. The van der Waals surface area contributed by atoms with E-state index in [2.05, 4.69) is 22.3 Å². The fraction of sp³-hybridized carbons (Fsp3) is 0.500. The van der Waals surface area contributed by atoms with Gasteiger partial charge in [-0.1, -0.05) is 42.5 Å². The minimum absolute atomic E-state index is 0.0347. The van der Waals surface area contributed by atoms with E-state index in [4.69, 9.17) is 0 Å². The van der Waals surface area contributed by atoms with Crippen LogP contribution in [0.5, 0.6) is 0 Å². The molecule has 0 bridgehead atoms. The summed E-state index contributed by atoms with van der Waals surface area (Å²) in [7, 11) is -3.69. The highest BCUT2D eigenvalue weighted by Gasteiger charge is 2.34. The summed E-state index contributed by atoms with van der Waals surface area (Å²) >= 11 is 0. The van der Waals surface area contributed by atoms with E-state index in [1.54, 1.807) is 22.5 Å². The number of carbonyl (C=O) groups is 1. The van der Waals surface area contributed by atoms with Crippen molar-refractivity contribution in [3.05, 3.63) is 65.7 Å².